The van der Waals surface area contributed by atoms with Crippen LogP contribution in [0.2, 0.25) is 0 Å². The summed E-state index contributed by atoms with van der Waals surface area (Å²) in [6.07, 6.45) is 0. The summed E-state index contributed by atoms with van der Waals surface area (Å²) in [6, 6.07) is 17.0. The van der Waals surface area contributed by atoms with E-state index in [-0.39, 0.29) is 12.7 Å². The molecule has 2 aromatic carbocycles. The van der Waals surface area contributed by atoms with Crippen LogP contribution in [0.25, 0.3) is 11.3 Å². The lowest BCUT2D eigenvalue weighted by Crippen LogP contribution is -2.28. The molecule has 1 N–H and O–H groups in total. The molecule has 144 valence electrons. The number of aryl methyl sites for hydroxylation is 1. The second-order valence-electron chi connectivity index (χ2n) is 6.22. The van der Waals surface area contributed by atoms with Crippen molar-refractivity contribution in [2.75, 3.05) is 19.9 Å². The first kappa shape index (κ1) is 17.9. The zero-order valence-corrected chi connectivity index (χ0v) is 15.6. The summed E-state index contributed by atoms with van der Waals surface area (Å²) in [5.74, 6) is 1.97. The number of carbonyl (C=O) groups excluding carboxylic acids is 1. The molecule has 7 heteroatoms. The van der Waals surface area contributed by atoms with E-state index in [0.29, 0.717) is 31.1 Å². The second-order valence-corrected chi connectivity index (χ2v) is 6.22. The summed E-state index contributed by atoms with van der Waals surface area (Å²) in [5, 5.41) is 7.27. The number of hydrogen-bond donors (Lipinski definition) is 1. The lowest BCUT2D eigenvalue weighted by Gasteiger charge is -2.06. The summed E-state index contributed by atoms with van der Waals surface area (Å²) in [4.78, 5) is 12.5. The molecule has 0 saturated carbocycles. The smallest absolute Gasteiger partial charge is 0.271 e. The molecule has 3 aromatic rings. The van der Waals surface area contributed by atoms with Crippen LogP contribution in [0.15, 0.2) is 54.6 Å². The van der Waals surface area contributed by atoms with E-state index in [1.54, 1.807) is 10.7 Å². The van der Waals surface area contributed by atoms with E-state index in [2.05, 4.69) is 10.4 Å². The Balaban J connectivity index is 1.41. The molecule has 0 unspecified atom stereocenters. The molecule has 1 aliphatic heterocycles. The van der Waals surface area contributed by atoms with Crippen molar-refractivity contribution < 1.29 is 19.0 Å². The fourth-order valence-electron chi connectivity index (χ4n) is 3.00. The molecule has 7 nitrogen and oxygen atoms in total. The van der Waals surface area contributed by atoms with Crippen molar-refractivity contribution in [1.29, 1.82) is 0 Å². The average molecular weight is 379 g/mol. The third-order valence-electron chi connectivity index (χ3n) is 4.38. The molecule has 28 heavy (non-hydrogen) atoms. The zero-order valence-electron chi connectivity index (χ0n) is 15.6. The van der Waals surface area contributed by atoms with Gasteiger partial charge in [0.15, 0.2) is 17.2 Å². The zero-order chi connectivity index (χ0) is 19.3. The van der Waals surface area contributed by atoms with Crippen molar-refractivity contribution in [2.24, 2.45) is 0 Å². The number of benzene rings is 2. The topological polar surface area (TPSA) is 74.6 Å². The molecule has 2 heterocycles. The molecule has 1 amide bonds. The third kappa shape index (κ3) is 3.78. The van der Waals surface area contributed by atoms with Gasteiger partial charge in [-0.25, -0.2) is 0 Å². The number of ether oxygens (including phenoxy) is 3. The van der Waals surface area contributed by atoms with Gasteiger partial charge in [0.2, 0.25) is 6.79 Å². The van der Waals surface area contributed by atoms with Crippen LogP contribution in [-0.4, -0.2) is 35.6 Å². The van der Waals surface area contributed by atoms with E-state index in [1.807, 2.05) is 55.5 Å². The minimum absolute atomic E-state index is 0.227. The van der Waals surface area contributed by atoms with Crippen molar-refractivity contribution in [3.8, 4) is 28.5 Å². The Morgan fingerprint density at radius 3 is 2.79 bits per heavy atom. The van der Waals surface area contributed by atoms with Gasteiger partial charge in [0, 0.05) is 12.1 Å². The van der Waals surface area contributed by atoms with Crippen LogP contribution in [0.5, 0.6) is 17.2 Å². The molecule has 1 aromatic heterocycles. The highest BCUT2D eigenvalue weighted by Crippen LogP contribution is 2.36. The number of hydrogen-bond acceptors (Lipinski definition) is 5. The van der Waals surface area contributed by atoms with Crippen molar-refractivity contribution in [3.63, 3.8) is 0 Å². The van der Waals surface area contributed by atoms with E-state index >= 15 is 0 Å². The third-order valence-corrected chi connectivity index (χ3v) is 4.38. The number of rotatable bonds is 7. The monoisotopic (exact) mass is 379 g/mol. The Morgan fingerprint density at radius 1 is 1.14 bits per heavy atom. The molecule has 0 fully saturated rings. The van der Waals surface area contributed by atoms with Crippen LogP contribution in [-0.2, 0) is 6.54 Å². The minimum Gasteiger partial charge on any atom is -0.492 e. The molecule has 0 aliphatic carbocycles. The van der Waals surface area contributed by atoms with Crippen LogP contribution in [0, 0.1) is 0 Å². The van der Waals surface area contributed by atoms with Crippen LogP contribution in [0.4, 0.5) is 0 Å². The first-order chi connectivity index (χ1) is 13.7. The Bertz CT molecular complexity index is 969. The van der Waals surface area contributed by atoms with Gasteiger partial charge >= 0.3 is 0 Å². The van der Waals surface area contributed by atoms with Gasteiger partial charge in [0.25, 0.3) is 5.91 Å². The van der Waals surface area contributed by atoms with Crippen molar-refractivity contribution in [3.05, 3.63) is 60.3 Å². The van der Waals surface area contributed by atoms with Crippen LogP contribution in [0.1, 0.15) is 17.4 Å². The van der Waals surface area contributed by atoms with Crippen molar-refractivity contribution in [1.82, 2.24) is 15.1 Å². The Labute approximate surface area is 162 Å². The molecular formula is C21H21N3O4. The van der Waals surface area contributed by atoms with E-state index in [0.717, 1.165) is 22.8 Å². The van der Waals surface area contributed by atoms with Gasteiger partial charge < -0.3 is 19.5 Å². The Kier molecular flexibility index (Phi) is 5.14. The normalized spacial score (nSPS) is 12.0. The van der Waals surface area contributed by atoms with Gasteiger partial charge in [-0.3, -0.25) is 9.48 Å². The summed E-state index contributed by atoms with van der Waals surface area (Å²) in [5.41, 5.74) is 2.14. The summed E-state index contributed by atoms with van der Waals surface area (Å²) in [7, 11) is 0. The highest BCUT2D eigenvalue weighted by atomic mass is 16.7. The standard InChI is InChI=1S/C21H21N3O4/c1-2-24-18(15-8-9-19-20(12-15)28-14-27-19)13-17(23-24)21(25)22-10-11-26-16-6-4-3-5-7-16/h3-9,12-13H,2,10-11,14H2,1H3,(H,22,25). The maximum atomic E-state index is 12.5. The molecular weight excluding hydrogens is 358 g/mol. The lowest BCUT2D eigenvalue weighted by molar-refractivity contribution is 0.0941. The first-order valence-electron chi connectivity index (χ1n) is 9.18. The number of carbonyl (C=O) groups is 1. The van der Waals surface area contributed by atoms with E-state index in [9.17, 15) is 4.79 Å². The summed E-state index contributed by atoms with van der Waals surface area (Å²) in [6.45, 7) is 3.64. The van der Waals surface area contributed by atoms with E-state index in [4.69, 9.17) is 14.2 Å². The van der Waals surface area contributed by atoms with Gasteiger partial charge in [0.1, 0.15) is 12.4 Å². The molecule has 0 bridgehead atoms. The van der Waals surface area contributed by atoms with Gasteiger partial charge in [-0.2, -0.15) is 5.10 Å². The van der Waals surface area contributed by atoms with Crippen LogP contribution >= 0.6 is 0 Å². The fraction of sp³-hybridized carbons (Fsp3) is 0.238. The maximum absolute atomic E-state index is 12.5. The summed E-state index contributed by atoms with van der Waals surface area (Å²) < 4.78 is 18.2. The average Bonchev–Trinajstić information content (AvgIpc) is 3.38. The number of amides is 1. The molecule has 4 rings (SSSR count). The number of aromatic nitrogens is 2. The van der Waals surface area contributed by atoms with E-state index < -0.39 is 0 Å². The van der Waals surface area contributed by atoms with Crippen LogP contribution < -0.4 is 19.5 Å². The van der Waals surface area contributed by atoms with Crippen LogP contribution in [0.3, 0.4) is 0 Å². The molecule has 0 spiro atoms. The summed E-state index contributed by atoms with van der Waals surface area (Å²) >= 11 is 0. The highest BCUT2D eigenvalue weighted by molar-refractivity contribution is 5.93. The molecule has 0 saturated heterocycles. The SMILES string of the molecule is CCn1nc(C(=O)NCCOc2ccccc2)cc1-c1ccc2c(c1)OCO2. The fourth-order valence-corrected chi connectivity index (χ4v) is 3.00. The van der Waals surface area contributed by atoms with Crippen molar-refractivity contribution in [2.45, 2.75) is 13.5 Å². The second kappa shape index (κ2) is 8.04. The van der Waals surface area contributed by atoms with Gasteiger partial charge in [-0.05, 0) is 43.3 Å². The molecule has 0 radical (unpaired) electrons. The number of para-hydroxylation sites is 1. The number of fused-ring (bicyclic) bond motifs is 1. The number of nitrogens with one attached hydrogen (secondary N) is 1. The molecule has 1 aliphatic rings. The Hall–Kier alpha value is -3.48. The highest BCUT2D eigenvalue weighted by Gasteiger charge is 2.18. The first-order valence-corrected chi connectivity index (χ1v) is 9.18. The quantitative estimate of drug-likeness (QED) is 0.639. The van der Waals surface area contributed by atoms with Crippen molar-refractivity contribution >= 4 is 5.91 Å². The maximum Gasteiger partial charge on any atom is 0.271 e. The van der Waals surface area contributed by atoms with E-state index in [1.165, 1.54) is 0 Å². The predicted molar refractivity (Wildman–Crippen MR) is 104 cm³/mol. The number of nitrogens with zero attached hydrogens (tertiary/aromatic N) is 2. The largest absolute Gasteiger partial charge is 0.492 e. The van der Waals surface area contributed by atoms with Gasteiger partial charge in [-0.15, -0.1) is 0 Å². The van der Waals surface area contributed by atoms with Gasteiger partial charge in [-0.1, -0.05) is 18.2 Å². The predicted octanol–water partition coefficient (Wildman–Crippen LogP) is 3.11. The molecule has 0 atom stereocenters. The van der Waals surface area contributed by atoms with Gasteiger partial charge in [0.05, 0.1) is 12.2 Å². The lowest BCUT2D eigenvalue weighted by atomic mass is 10.1. The Morgan fingerprint density at radius 2 is 1.96 bits per heavy atom. The minimum atomic E-state index is -0.231.